The fourth-order valence-electron chi connectivity index (χ4n) is 2.67. The molecule has 1 fully saturated rings. The third kappa shape index (κ3) is 3.26. The molecule has 2 aliphatic rings. The number of likely N-dealkylation sites (tertiary alicyclic amines) is 1. The molecule has 6 nitrogen and oxygen atoms in total. The first kappa shape index (κ1) is 15.3. The van der Waals surface area contributed by atoms with Gasteiger partial charge in [-0.05, 0) is 29.7 Å². The fourth-order valence-corrected chi connectivity index (χ4v) is 2.67. The second-order valence-corrected chi connectivity index (χ2v) is 5.77. The number of hydrogen-bond donors (Lipinski definition) is 1. The number of aromatic nitrogens is 1. The zero-order valence-electron chi connectivity index (χ0n) is 13.0. The summed E-state index contributed by atoms with van der Waals surface area (Å²) in [5.74, 6) is 1.53. The summed E-state index contributed by atoms with van der Waals surface area (Å²) in [7, 11) is 1.60. The van der Waals surface area contributed by atoms with Crippen LogP contribution in [0.5, 0.6) is 0 Å². The lowest BCUT2D eigenvalue weighted by molar-refractivity contribution is -0.131. The molecule has 0 aromatic carbocycles. The van der Waals surface area contributed by atoms with Gasteiger partial charge in [0.25, 0.3) is 0 Å². The number of methoxy groups -OCH3 is 1. The van der Waals surface area contributed by atoms with E-state index in [4.69, 9.17) is 4.74 Å². The second kappa shape index (κ2) is 6.24. The molecule has 1 aromatic rings. The van der Waals surface area contributed by atoms with Crippen molar-refractivity contribution in [2.24, 2.45) is 5.92 Å². The maximum absolute atomic E-state index is 12.1. The van der Waals surface area contributed by atoms with E-state index in [1.54, 1.807) is 30.4 Å². The van der Waals surface area contributed by atoms with Crippen LogP contribution < -0.4 is 5.32 Å². The Morgan fingerprint density at radius 2 is 2.26 bits per heavy atom. The van der Waals surface area contributed by atoms with Crippen molar-refractivity contribution in [1.82, 2.24) is 9.88 Å². The normalized spacial score (nSPS) is 17.4. The molecule has 120 valence electrons. The molecule has 0 unspecified atom stereocenters. The largest absolute Gasteiger partial charge is 0.501 e. The number of aryl methyl sites for hydroxylation is 1. The quantitative estimate of drug-likeness (QED) is 0.677. The summed E-state index contributed by atoms with van der Waals surface area (Å²) >= 11 is 0. The number of pyridine rings is 1. The van der Waals surface area contributed by atoms with Gasteiger partial charge >= 0.3 is 0 Å². The fraction of sp³-hybridized carbons (Fsp3) is 0.353. The maximum atomic E-state index is 12.1. The van der Waals surface area contributed by atoms with Gasteiger partial charge in [-0.15, -0.1) is 0 Å². The Morgan fingerprint density at radius 1 is 1.48 bits per heavy atom. The van der Waals surface area contributed by atoms with Crippen LogP contribution in [0, 0.1) is 5.92 Å². The first-order chi connectivity index (χ1) is 11.1. The Kier molecular flexibility index (Phi) is 4.14. The molecule has 2 amide bonds. The van der Waals surface area contributed by atoms with Crippen molar-refractivity contribution in [3.8, 4) is 0 Å². The molecular formula is C17H19N3O3. The number of ether oxygens (including phenoxy) is 1. The van der Waals surface area contributed by atoms with E-state index in [0.29, 0.717) is 31.7 Å². The van der Waals surface area contributed by atoms with E-state index in [0.717, 1.165) is 16.9 Å². The molecule has 0 saturated carbocycles. The highest BCUT2D eigenvalue weighted by atomic mass is 16.5. The lowest BCUT2D eigenvalue weighted by atomic mass is 9.98. The molecule has 1 saturated heterocycles. The predicted octanol–water partition coefficient (Wildman–Crippen LogP) is 1.60. The molecular weight excluding hydrogens is 294 g/mol. The van der Waals surface area contributed by atoms with Crippen LogP contribution in [0.15, 0.2) is 30.7 Å². The first-order valence-corrected chi connectivity index (χ1v) is 7.55. The highest BCUT2D eigenvalue weighted by molar-refractivity contribution is 5.94. The van der Waals surface area contributed by atoms with Gasteiger partial charge < -0.3 is 15.0 Å². The van der Waals surface area contributed by atoms with Crippen LogP contribution in [0.4, 0.5) is 5.82 Å². The number of anilines is 1. The van der Waals surface area contributed by atoms with Gasteiger partial charge in [-0.3, -0.25) is 9.59 Å². The highest BCUT2D eigenvalue weighted by Gasteiger charge is 2.31. The number of nitrogens with one attached hydrogen (secondary N) is 1. The van der Waals surface area contributed by atoms with Gasteiger partial charge in [0.1, 0.15) is 5.82 Å². The second-order valence-electron chi connectivity index (χ2n) is 5.77. The molecule has 6 heteroatoms. The van der Waals surface area contributed by atoms with E-state index in [1.807, 2.05) is 6.07 Å². The van der Waals surface area contributed by atoms with Gasteiger partial charge in [-0.2, -0.15) is 0 Å². The lowest BCUT2D eigenvalue weighted by Gasteiger charge is -2.38. The third-order valence-corrected chi connectivity index (χ3v) is 4.20. The van der Waals surface area contributed by atoms with Gasteiger partial charge in [-0.25, -0.2) is 4.98 Å². The van der Waals surface area contributed by atoms with Crippen LogP contribution in [0.3, 0.4) is 0 Å². The van der Waals surface area contributed by atoms with Crippen LogP contribution >= 0.6 is 0 Å². The number of carbonyl (C=O) groups is 2. The van der Waals surface area contributed by atoms with E-state index in [1.165, 1.54) is 0 Å². The lowest BCUT2D eigenvalue weighted by Crippen LogP contribution is -2.50. The van der Waals surface area contributed by atoms with Crippen LogP contribution in [-0.4, -0.2) is 41.9 Å². The minimum absolute atomic E-state index is 0.00606. The zero-order valence-corrected chi connectivity index (χ0v) is 13.0. The average Bonchev–Trinajstić information content (AvgIpc) is 2.51. The Hall–Kier alpha value is -2.63. The van der Waals surface area contributed by atoms with E-state index < -0.39 is 0 Å². The Balaban J connectivity index is 1.59. The van der Waals surface area contributed by atoms with E-state index >= 15 is 0 Å². The SMILES string of the molecule is C=C(OC)C1CN(C(=O)C=Cc2cnc3c(c2)CCC(=O)N3)C1. The molecule has 0 radical (unpaired) electrons. The molecule has 23 heavy (non-hydrogen) atoms. The summed E-state index contributed by atoms with van der Waals surface area (Å²) in [6, 6.07) is 1.96. The van der Waals surface area contributed by atoms with Gasteiger partial charge in [0.15, 0.2) is 0 Å². The predicted molar refractivity (Wildman–Crippen MR) is 86.4 cm³/mol. The van der Waals surface area contributed by atoms with Crippen LogP contribution in [0.2, 0.25) is 0 Å². The van der Waals surface area contributed by atoms with Gasteiger partial charge in [0.2, 0.25) is 11.8 Å². The number of rotatable bonds is 4. The number of nitrogens with zero attached hydrogens (tertiary/aromatic N) is 2. The average molecular weight is 313 g/mol. The van der Waals surface area contributed by atoms with Crippen molar-refractivity contribution in [2.75, 3.05) is 25.5 Å². The first-order valence-electron chi connectivity index (χ1n) is 7.55. The monoisotopic (exact) mass is 313 g/mol. The van der Waals surface area contributed by atoms with Crippen LogP contribution in [0.25, 0.3) is 6.08 Å². The number of amides is 2. The molecule has 0 atom stereocenters. The Bertz CT molecular complexity index is 690. The topological polar surface area (TPSA) is 71.5 Å². The molecule has 1 aromatic heterocycles. The van der Waals surface area contributed by atoms with Crippen molar-refractivity contribution in [1.29, 1.82) is 0 Å². The Morgan fingerprint density at radius 3 is 3.00 bits per heavy atom. The molecule has 3 rings (SSSR count). The highest BCUT2D eigenvalue weighted by Crippen LogP contribution is 2.24. The van der Waals surface area contributed by atoms with Crippen molar-refractivity contribution < 1.29 is 14.3 Å². The summed E-state index contributed by atoms with van der Waals surface area (Å²) in [6.45, 7) is 5.10. The summed E-state index contributed by atoms with van der Waals surface area (Å²) in [4.78, 5) is 29.4. The smallest absolute Gasteiger partial charge is 0.246 e. The maximum Gasteiger partial charge on any atom is 0.246 e. The summed E-state index contributed by atoms with van der Waals surface area (Å²) < 4.78 is 5.08. The molecule has 0 bridgehead atoms. The van der Waals surface area contributed by atoms with Crippen molar-refractivity contribution in [2.45, 2.75) is 12.8 Å². The number of carbonyl (C=O) groups excluding carboxylic acids is 2. The van der Waals surface area contributed by atoms with E-state index in [-0.39, 0.29) is 17.7 Å². The van der Waals surface area contributed by atoms with Crippen LogP contribution in [0.1, 0.15) is 17.5 Å². The van der Waals surface area contributed by atoms with Crippen molar-refractivity contribution in [3.63, 3.8) is 0 Å². The van der Waals surface area contributed by atoms with E-state index in [2.05, 4.69) is 16.9 Å². The number of hydrogen-bond acceptors (Lipinski definition) is 4. The number of fused-ring (bicyclic) bond motifs is 1. The standard InChI is InChI=1S/C17H19N3O3/c1-11(23-2)14-9-20(10-14)16(22)6-3-12-7-13-4-5-15(21)19-17(13)18-8-12/h3,6-8,14H,1,4-5,9-10H2,2H3,(H,18,19,21). The molecule has 3 heterocycles. The third-order valence-electron chi connectivity index (χ3n) is 4.20. The van der Waals surface area contributed by atoms with Crippen molar-refractivity contribution >= 4 is 23.7 Å². The summed E-state index contributed by atoms with van der Waals surface area (Å²) in [5, 5.41) is 2.74. The minimum Gasteiger partial charge on any atom is -0.501 e. The van der Waals surface area contributed by atoms with E-state index in [9.17, 15) is 9.59 Å². The summed E-state index contributed by atoms with van der Waals surface area (Å²) in [5.41, 5.74) is 1.85. The van der Waals surface area contributed by atoms with Gasteiger partial charge in [0, 0.05) is 31.8 Å². The molecule has 1 N–H and O–H groups in total. The Labute approximate surface area is 134 Å². The summed E-state index contributed by atoms with van der Waals surface area (Å²) in [6.07, 6.45) is 6.11. The van der Waals surface area contributed by atoms with Gasteiger partial charge in [-0.1, -0.05) is 6.58 Å². The molecule has 0 aliphatic carbocycles. The molecule has 2 aliphatic heterocycles. The van der Waals surface area contributed by atoms with Crippen molar-refractivity contribution in [3.05, 3.63) is 41.8 Å². The van der Waals surface area contributed by atoms with Gasteiger partial charge in [0.05, 0.1) is 18.8 Å². The minimum atomic E-state index is -0.0313. The van der Waals surface area contributed by atoms with Crippen LogP contribution in [-0.2, 0) is 20.7 Å². The zero-order chi connectivity index (χ0) is 16.4. The molecule has 0 spiro atoms.